The first-order valence-electron chi connectivity index (χ1n) is 12.5. The van der Waals surface area contributed by atoms with E-state index in [2.05, 4.69) is 69.4 Å². The van der Waals surface area contributed by atoms with Gasteiger partial charge in [0.15, 0.2) is 0 Å². The van der Waals surface area contributed by atoms with Gasteiger partial charge in [-0.1, -0.05) is 76.2 Å². The van der Waals surface area contributed by atoms with Gasteiger partial charge in [-0.05, 0) is 70.7 Å². The van der Waals surface area contributed by atoms with Gasteiger partial charge in [0.1, 0.15) is 5.75 Å². The number of ether oxygens (including phenoxy) is 1. The lowest BCUT2D eigenvalue weighted by atomic mass is 9.86. The summed E-state index contributed by atoms with van der Waals surface area (Å²) >= 11 is 0. The third-order valence-electron chi connectivity index (χ3n) is 6.22. The number of nitrogens with one attached hydrogen (secondary N) is 1. The molecular formula is C31H37NO4. The Kier molecular flexibility index (Phi) is 9.29. The molecule has 0 bridgehead atoms. The highest BCUT2D eigenvalue weighted by molar-refractivity contribution is 5.94. The Balaban J connectivity index is 1.47. The molecule has 3 aromatic rings. The number of carbonyl (C=O) groups excluding carboxylic acids is 1. The maximum atomic E-state index is 12.1. The van der Waals surface area contributed by atoms with Crippen LogP contribution in [0.25, 0.3) is 11.1 Å². The molecule has 0 aliphatic carbocycles. The summed E-state index contributed by atoms with van der Waals surface area (Å²) in [7, 11) is 0. The van der Waals surface area contributed by atoms with Crippen molar-refractivity contribution in [2.45, 2.75) is 52.4 Å². The fourth-order valence-electron chi connectivity index (χ4n) is 3.87. The predicted octanol–water partition coefficient (Wildman–Crippen LogP) is 6.50. The van der Waals surface area contributed by atoms with E-state index in [9.17, 15) is 9.59 Å². The Morgan fingerprint density at radius 2 is 1.64 bits per heavy atom. The molecule has 2 N–H and O–H groups in total. The quantitative estimate of drug-likeness (QED) is 0.324. The van der Waals surface area contributed by atoms with Gasteiger partial charge in [0.25, 0.3) is 5.91 Å². The van der Waals surface area contributed by atoms with Gasteiger partial charge in [-0.15, -0.1) is 0 Å². The number of benzene rings is 3. The molecule has 5 nitrogen and oxygen atoms in total. The van der Waals surface area contributed by atoms with E-state index >= 15 is 0 Å². The second-order valence-electron chi connectivity index (χ2n) is 10.4. The largest absolute Gasteiger partial charge is 0.493 e. The van der Waals surface area contributed by atoms with Gasteiger partial charge in [-0.25, -0.2) is 0 Å². The standard InChI is InChI=1S/C31H37NO4/c1-22(8-9-23-10-12-25(13-11-23)30(35)32-19-18-29(33)34)21-36-28-7-5-6-26(20-28)24-14-16-27(17-15-24)31(2,3)4/h5-7,10-17,20,22H,8-9,18-19,21H2,1-4H3,(H,32,35)(H,33,34). The minimum Gasteiger partial charge on any atom is -0.493 e. The van der Waals surface area contributed by atoms with Gasteiger partial charge in [0, 0.05) is 12.1 Å². The number of hydrogen-bond acceptors (Lipinski definition) is 3. The van der Waals surface area contributed by atoms with Gasteiger partial charge in [-0.2, -0.15) is 0 Å². The molecule has 0 fully saturated rings. The van der Waals surface area contributed by atoms with E-state index < -0.39 is 5.97 Å². The fraction of sp³-hybridized carbons (Fsp3) is 0.355. The summed E-state index contributed by atoms with van der Waals surface area (Å²) in [5, 5.41) is 11.3. The SMILES string of the molecule is CC(CCc1ccc(C(=O)NCCC(=O)O)cc1)COc1cccc(-c2ccc(C(C)(C)C)cc2)c1. The molecule has 1 amide bonds. The highest BCUT2D eigenvalue weighted by Gasteiger charge is 2.13. The van der Waals surface area contributed by atoms with Crippen molar-refractivity contribution in [1.29, 1.82) is 0 Å². The molecule has 0 aliphatic heterocycles. The average molecular weight is 488 g/mol. The molecule has 0 radical (unpaired) electrons. The van der Waals surface area contributed by atoms with Crippen molar-refractivity contribution in [3.63, 3.8) is 0 Å². The summed E-state index contributed by atoms with van der Waals surface area (Å²) in [6, 6.07) is 24.5. The number of carboxylic acid groups (broad SMARTS) is 1. The number of aliphatic carboxylic acids is 1. The van der Waals surface area contributed by atoms with Crippen molar-refractivity contribution in [3.8, 4) is 16.9 Å². The summed E-state index contributed by atoms with van der Waals surface area (Å²) in [5.41, 5.74) is 5.48. The van der Waals surface area contributed by atoms with Crippen LogP contribution >= 0.6 is 0 Å². The molecule has 3 rings (SSSR count). The lowest BCUT2D eigenvalue weighted by Gasteiger charge is -2.19. The summed E-state index contributed by atoms with van der Waals surface area (Å²) in [6.45, 7) is 9.60. The molecule has 0 saturated carbocycles. The van der Waals surface area contributed by atoms with Crippen LogP contribution in [0.1, 0.15) is 62.0 Å². The van der Waals surface area contributed by atoms with Crippen LogP contribution in [0.2, 0.25) is 0 Å². The monoisotopic (exact) mass is 487 g/mol. The van der Waals surface area contributed by atoms with E-state index in [1.165, 1.54) is 11.1 Å². The molecule has 36 heavy (non-hydrogen) atoms. The highest BCUT2D eigenvalue weighted by atomic mass is 16.5. The normalized spacial score (nSPS) is 12.1. The Labute approximate surface area is 214 Å². The van der Waals surface area contributed by atoms with Crippen LogP contribution in [0.15, 0.2) is 72.8 Å². The highest BCUT2D eigenvalue weighted by Crippen LogP contribution is 2.28. The zero-order valence-electron chi connectivity index (χ0n) is 21.7. The van der Waals surface area contributed by atoms with E-state index in [1.54, 1.807) is 12.1 Å². The molecule has 0 saturated heterocycles. The van der Waals surface area contributed by atoms with Crippen molar-refractivity contribution < 1.29 is 19.4 Å². The number of carbonyl (C=O) groups is 2. The maximum absolute atomic E-state index is 12.1. The number of hydrogen-bond donors (Lipinski definition) is 2. The first-order chi connectivity index (χ1) is 17.1. The van der Waals surface area contributed by atoms with Crippen molar-refractivity contribution in [2.75, 3.05) is 13.2 Å². The van der Waals surface area contributed by atoms with Crippen LogP contribution in [-0.2, 0) is 16.6 Å². The van der Waals surface area contributed by atoms with Crippen LogP contribution in [0.3, 0.4) is 0 Å². The second kappa shape index (κ2) is 12.4. The predicted molar refractivity (Wildman–Crippen MR) is 145 cm³/mol. The number of aryl methyl sites for hydroxylation is 1. The summed E-state index contributed by atoms with van der Waals surface area (Å²) in [5.74, 6) is 0.0653. The van der Waals surface area contributed by atoms with Crippen molar-refractivity contribution in [2.24, 2.45) is 5.92 Å². The van der Waals surface area contributed by atoms with Gasteiger partial charge >= 0.3 is 5.97 Å². The van der Waals surface area contributed by atoms with Gasteiger partial charge < -0.3 is 15.2 Å². The Morgan fingerprint density at radius 1 is 0.944 bits per heavy atom. The topological polar surface area (TPSA) is 75.6 Å². The Hall–Kier alpha value is -3.60. The molecule has 0 aliphatic rings. The van der Waals surface area contributed by atoms with Crippen molar-refractivity contribution in [1.82, 2.24) is 5.32 Å². The molecule has 0 heterocycles. The molecule has 0 spiro atoms. The smallest absolute Gasteiger partial charge is 0.305 e. The molecule has 5 heteroatoms. The molecule has 1 atom stereocenters. The average Bonchev–Trinajstić information content (AvgIpc) is 2.86. The number of amides is 1. The molecule has 3 aromatic carbocycles. The molecule has 1 unspecified atom stereocenters. The third-order valence-corrected chi connectivity index (χ3v) is 6.22. The van der Waals surface area contributed by atoms with E-state index in [4.69, 9.17) is 9.84 Å². The minimum absolute atomic E-state index is 0.0847. The number of carboxylic acids is 1. The molecule has 190 valence electrons. The van der Waals surface area contributed by atoms with Gasteiger partial charge in [0.05, 0.1) is 13.0 Å². The van der Waals surface area contributed by atoms with Gasteiger partial charge in [-0.3, -0.25) is 9.59 Å². The van der Waals surface area contributed by atoms with E-state index in [0.717, 1.165) is 29.7 Å². The Morgan fingerprint density at radius 3 is 2.28 bits per heavy atom. The Bertz CT molecular complexity index is 1140. The second-order valence-corrected chi connectivity index (χ2v) is 10.4. The fourth-order valence-corrected chi connectivity index (χ4v) is 3.87. The summed E-state index contributed by atoms with van der Waals surface area (Å²) in [6.07, 6.45) is 1.78. The van der Waals surface area contributed by atoms with Crippen molar-refractivity contribution >= 4 is 11.9 Å². The zero-order valence-corrected chi connectivity index (χ0v) is 21.7. The maximum Gasteiger partial charge on any atom is 0.305 e. The minimum atomic E-state index is -0.928. The molecular weight excluding hydrogens is 450 g/mol. The van der Waals surface area contributed by atoms with E-state index in [0.29, 0.717) is 18.1 Å². The van der Waals surface area contributed by atoms with Crippen LogP contribution in [0.4, 0.5) is 0 Å². The third kappa shape index (κ3) is 8.26. The van der Waals surface area contributed by atoms with Crippen LogP contribution in [0.5, 0.6) is 5.75 Å². The van der Waals surface area contributed by atoms with E-state index in [-0.39, 0.29) is 24.3 Å². The van der Waals surface area contributed by atoms with Gasteiger partial charge in [0.2, 0.25) is 0 Å². The van der Waals surface area contributed by atoms with Crippen LogP contribution in [0, 0.1) is 5.92 Å². The number of rotatable bonds is 11. The lowest BCUT2D eigenvalue weighted by molar-refractivity contribution is -0.136. The summed E-state index contributed by atoms with van der Waals surface area (Å²) in [4.78, 5) is 22.6. The lowest BCUT2D eigenvalue weighted by Crippen LogP contribution is -2.25. The zero-order chi connectivity index (χ0) is 26.1. The molecule has 0 aromatic heterocycles. The summed E-state index contributed by atoms with van der Waals surface area (Å²) < 4.78 is 6.11. The first-order valence-corrected chi connectivity index (χ1v) is 12.5. The van der Waals surface area contributed by atoms with Crippen LogP contribution < -0.4 is 10.1 Å². The first kappa shape index (κ1) is 27.0. The van der Waals surface area contributed by atoms with Crippen molar-refractivity contribution in [3.05, 3.63) is 89.5 Å². The van der Waals surface area contributed by atoms with E-state index in [1.807, 2.05) is 24.3 Å². The van der Waals surface area contributed by atoms with Crippen LogP contribution in [-0.4, -0.2) is 30.1 Å².